The van der Waals surface area contributed by atoms with Crippen molar-refractivity contribution >= 4 is 27.5 Å². The summed E-state index contributed by atoms with van der Waals surface area (Å²) in [7, 11) is -3.88. The van der Waals surface area contributed by atoms with E-state index in [0.29, 0.717) is 24.3 Å². The average molecular weight is 493 g/mol. The SMILES string of the molecule is Cc1nc(-c2ccc(Cl)c(S(=O)(=O)N3CCC(C(=O)NCc4ccc(F)cc4)CC3)c2)no1. The normalized spacial score (nSPS) is 15.5. The number of piperidine rings is 1. The molecule has 33 heavy (non-hydrogen) atoms. The lowest BCUT2D eigenvalue weighted by atomic mass is 9.97. The molecular weight excluding hydrogens is 471 g/mol. The van der Waals surface area contributed by atoms with Gasteiger partial charge in [-0.25, -0.2) is 12.8 Å². The molecule has 2 heterocycles. The van der Waals surface area contributed by atoms with Crippen molar-refractivity contribution in [2.45, 2.75) is 31.2 Å². The standard InChI is InChI=1S/C22H22ClFN4O4S/c1-14-26-21(27-32-14)17-4-7-19(23)20(12-17)33(30,31)28-10-8-16(9-11-28)22(29)25-13-15-2-5-18(24)6-3-15/h2-7,12,16H,8-11,13H2,1H3,(H,25,29). The van der Waals surface area contributed by atoms with Crippen LogP contribution in [0.5, 0.6) is 0 Å². The van der Waals surface area contributed by atoms with Crippen LogP contribution in [0, 0.1) is 18.7 Å². The fourth-order valence-electron chi connectivity index (χ4n) is 3.69. The van der Waals surface area contributed by atoms with Crippen LogP contribution in [0.1, 0.15) is 24.3 Å². The van der Waals surface area contributed by atoms with Crippen LogP contribution in [0.25, 0.3) is 11.4 Å². The number of nitrogens with zero attached hydrogens (tertiary/aromatic N) is 3. The highest BCUT2D eigenvalue weighted by atomic mass is 35.5. The maximum Gasteiger partial charge on any atom is 0.244 e. The number of benzene rings is 2. The molecular formula is C22H22ClFN4O4S. The molecule has 1 saturated heterocycles. The van der Waals surface area contributed by atoms with Crippen LogP contribution in [-0.2, 0) is 21.4 Å². The number of aryl methyl sites for hydroxylation is 1. The molecule has 1 aliphatic heterocycles. The monoisotopic (exact) mass is 492 g/mol. The highest BCUT2D eigenvalue weighted by Crippen LogP contribution is 2.31. The summed E-state index contributed by atoms with van der Waals surface area (Å²) in [5, 5.41) is 6.76. The van der Waals surface area contributed by atoms with Gasteiger partial charge in [-0.15, -0.1) is 0 Å². The molecule has 0 aliphatic carbocycles. The van der Waals surface area contributed by atoms with E-state index >= 15 is 0 Å². The number of carbonyl (C=O) groups excluding carboxylic acids is 1. The topological polar surface area (TPSA) is 105 Å². The Hall–Kier alpha value is -2.82. The summed E-state index contributed by atoms with van der Waals surface area (Å²) in [5.74, 6) is -0.150. The van der Waals surface area contributed by atoms with E-state index in [-0.39, 0.29) is 53.0 Å². The highest BCUT2D eigenvalue weighted by molar-refractivity contribution is 7.89. The van der Waals surface area contributed by atoms with Crippen LogP contribution in [0.15, 0.2) is 51.9 Å². The van der Waals surface area contributed by atoms with Crippen molar-refractivity contribution in [3.8, 4) is 11.4 Å². The van der Waals surface area contributed by atoms with E-state index in [1.807, 2.05) is 0 Å². The van der Waals surface area contributed by atoms with Gasteiger partial charge in [-0.05, 0) is 48.7 Å². The fraction of sp³-hybridized carbons (Fsp3) is 0.318. The van der Waals surface area contributed by atoms with Gasteiger partial charge in [0.1, 0.15) is 10.7 Å². The number of nitrogens with one attached hydrogen (secondary N) is 1. The van der Waals surface area contributed by atoms with E-state index in [1.54, 1.807) is 25.1 Å². The van der Waals surface area contributed by atoms with Crippen LogP contribution < -0.4 is 5.32 Å². The maximum atomic E-state index is 13.3. The average Bonchev–Trinajstić information content (AvgIpc) is 3.25. The van der Waals surface area contributed by atoms with Gasteiger partial charge in [0, 0.05) is 38.0 Å². The lowest BCUT2D eigenvalue weighted by Gasteiger charge is -2.30. The number of rotatable bonds is 6. The predicted molar refractivity (Wildman–Crippen MR) is 119 cm³/mol. The van der Waals surface area contributed by atoms with Crippen LogP contribution in [0.3, 0.4) is 0 Å². The number of hydrogen-bond acceptors (Lipinski definition) is 6. The Balaban J connectivity index is 1.40. The fourth-order valence-corrected chi connectivity index (χ4v) is 5.66. The lowest BCUT2D eigenvalue weighted by molar-refractivity contribution is -0.126. The Bertz CT molecular complexity index is 1260. The van der Waals surface area contributed by atoms with Crippen molar-refractivity contribution in [3.05, 3.63) is 64.8 Å². The van der Waals surface area contributed by atoms with Crippen molar-refractivity contribution in [2.75, 3.05) is 13.1 Å². The van der Waals surface area contributed by atoms with E-state index in [4.69, 9.17) is 16.1 Å². The van der Waals surface area contributed by atoms with Gasteiger partial charge in [-0.1, -0.05) is 28.9 Å². The number of sulfonamides is 1. The van der Waals surface area contributed by atoms with E-state index in [0.717, 1.165) is 5.56 Å². The molecule has 0 radical (unpaired) electrons. The third kappa shape index (κ3) is 5.23. The summed E-state index contributed by atoms with van der Waals surface area (Å²) in [6, 6.07) is 10.4. The number of halogens is 2. The van der Waals surface area contributed by atoms with Crippen molar-refractivity contribution in [1.29, 1.82) is 0 Å². The molecule has 1 aliphatic rings. The molecule has 0 atom stereocenters. The van der Waals surface area contributed by atoms with Crippen molar-refractivity contribution in [3.63, 3.8) is 0 Å². The summed E-state index contributed by atoms with van der Waals surface area (Å²) < 4.78 is 45.8. The summed E-state index contributed by atoms with van der Waals surface area (Å²) in [5.41, 5.74) is 1.26. The quantitative estimate of drug-likeness (QED) is 0.564. The third-order valence-electron chi connectivity index (χ3n) is 5.54. The minimum atomic E-state index is -3.88. The van der Waals surface area contributed by atoms with Crippen molar-refractivity contribution in [1.82, 2.24) is 19.8 Å². The van der Waals surface area contributed by atoms with Gasteiger partial charge in [0.15, 0.2) is 0 Å². The summed E-state index contributed by atoms with van der Waals surface area (Å²) >= 11 is 6.22. The lowest BCUT2D eigenvalue weighted by Crippen LogP contribution is -2.42. The van der Waals surface area contributed by atoms with Crippen molar-refractivity contribution < 1.29 is 22.1 Å². The molecule has 3 aromatic rings. The Kier molecular flexibility index (Phi) is 6.78. The van der Waals surface area contributed by atoms with Crippen LogP contribution >= 0.6 is 11.6 Å². The zero-order chi connectivity index (χ0) is 23.6. The maximum absolute atomic E-state index is 13.3. The van der Waals surface area contributed by atoms with Gasteiger partial charge in [0.2, 0.25) is 27.6 Å². The van der Waals surface area contributed by atoms with Gasteiger partial charge >= 0.3 is 0 Å². The van der Waals surface area contributed by atoms with Crippen molar-refractivity contribution in [2.24, 2.45) is 5.92 Å². The van der Waals surface area contributed by atoms with Gasteiger partial charge in [0.25, 0.3) is 0 Å². The van der Waals surface area contributed by atoms with Gasteiger partial charge < -0.3 is 9.84 Å². The molecule has 8 nitrogen and oxygen atoms in total. The first-order chi connectivity index (χ1) is 15.7. The first-order valence-corrected chi connectivity index (χ1v) is 12.2. The second-order valence-corrected chi connectivity index (χ2v) is 10.1. The Morgan fingerprint density at radius 3 is 2.55 bits per heavy atom. The Morgan fingerprint density at radius 1 is 1.21 bits per heavy atom. The minimum absolute atomic E-state index is 0.0386. The van der Waals surface area contributed by atoms with E-state index in [2.05, 4.69) is 15.5 Å². The molecule has 174 valence electrons. The number of carbonyl (C=O) groups is 1. The second kappa shape index (κ2) is 9.58. The molecule has 0 spiro atoms. The van der Waals surface area contributed by atoms with Gasteiger partial charge in [-0.2, -0.15) is 9.29 Å². The minimum Gasteiger partial charge on any atom is -0.352 e. The predicted octanol–water partition coefficient (Wildman–Crippen LogP) is 3.55. The van der Waals surface area contributed by atoms with Gasteiger partial charge in [0.05, 0.1) is 5.02 Å². The summed E-state index contributed by atoms with van der Waals surface area (Å²) in [4.78, 5) is 16.6. The van der Waals surface area contributed by atoms with Gasteiger partial charge in [-0.3, -0.25) is 4.79 Å². The molecule has 0 unspecified atom stereocenters. The molecule has 11 heteroatoms. The second-order valence-electron chi connectivity index (χ2n) is 7.80. The van der Waals surface area contributed by atoms with Crippen LogP contribution in [0.4, 0.5) is 4.39 Å². The Morgan fingerprint density at radius 2 is 1.91 bits per heavy atom. The number of hydrogen-bond donors (Lipinski definition) is 1. The third-order valence-corrected chi connectivity index (χ3v) is 7.92. The van der Waals surface area contributed by atoms with E-state index in [1.165, 1.54) is 28.6 Å². The molecule has 1 fully saturated rings. The molecule has 4 rings (SSSR count). The number of amides is 1. The van der Waals surface area contributed by atoms with Crippen LogP contribution in [-0.4, -0.2) is 41.9 Å². The largest absolute Gasteiger partial charge is 0.352 e. The van der Waals surface area contributed by atoms with E-state index in [9.17, 15) is 17.6 Å². The molecule has 2 aromatic carbocycles. The molecule has 0 bridgehead atoms. The molecule has 1 N–H and O–H groups in total. The zero-order valence-electron chi connectivity index (χ0n) is 17.8. The first-order valence-electron chi connectivity index (χ1n) is 10.4. The summed E-state index contributed by atoms with van der Waals surface area (Å²) in [6.45, 7) is 2.32. The molecule has 1 amide bonds. The van der Waals surface area contributed by atoms with Crippen LogP contribution in [0.2, 0.25) is 5.02 Å². The highest BCUT2D eigenvalue weighted by Gasteiger charge is 2.33. The molecule has 1 aromatic heterocycles. The van der Waals surface area contributed by atoms with E-state index < -0.39 is 10.0 Å². The number of aromatic nitrogens is 2. The molecule has 0 saturated carbocycles. The first kappa shape index (κ1) is 23.3. The summed E-state index contributed by atoms with van der Waals surface area (Å²) in [6.07, 6.45) is 0.769. The Labute approximate surface area is 195 Å². The zero-order valence-corrected chi connectivity index (χ0v) is 19.4. The smallest absolute Gasteiger partial charge is 0.244 e.